The molecule has 90 valence electrons. The molecule has 0 atom stereocenters. The van der Waals surface area contributed by atoms with Crippen molar-refractivity contribution in [1.29, 1.82) is 0 Å². The summed E-state index contributed by atoms with van der Waals surface area (Å²) < 4.78 is 10.1. The highest BCUT2D eigenvalue weighted by atomic mass is 16.5. The molecule has 0 aliphatic rings. The molecule has 0 aromatic carbocycles. The van der Waals surface area contributed by atoms with Gasteiger partial charge in [-0.1, -0.05) is 13.8 Å². The Balaban J connectivity index is 3.47. The van der Waals surface area contributed by atoms with E-state index in [0.29, 0.717) is 38.7 Å². The number of hydrogen-bond donors (Lipinski definition) is 0. The maximum Gasteiger partial charge on any atom is 0.222 e. The molecule has 4 heteroatoms. The molecule has 0 fully saturated rings. The molecule has 4 nitrogen and oxygen atoms in total. The minimum absolute atomic E-state index is 0.181. The van der Waals surface area contributed by atoms with Crippen LogP contribution in [0.1, 0.15) is 20.3 Å². The molecule has 0 aliphatic carbocycles. The molecule has 0 aromatic heterocycles. The zero-order valence-electron chi connectivity index (χ0n) is 10.3. The van der Waals surface area contributed by atoms with Crippen LogP contribution in [0.15, 0.2) is 0 Å². The van der Waals surface area contributed by atoms with Crippen molar-refractivity contribution in [3.63, 3.8) is 0 Å². The molecule has 0 rings (SSSR count). The fourth-order valence-corrected chi connectivity index (χ4v) is 1.08. The van der Waals surface area contributed by atoms with Gasteiger partial charge in [0.15, 0.2) is 0 Å². The second-order valence-electron chi connectivity index (χ2n) is 4.02. The molecular formula is C11H23NO3. The van der Waals surface area contributed by atoms with Crippen molar-refractivity contribution < 1.29 is 14.3 Å². The minimum Gasteiger partial charge on any atom is -0.382 e. The Morgan fingerprint density at radius 2 is 1.93 bits per heavy atom. The Morgan fingerprint density at radius 1 is 1.27 bits per heavy atom. The van der Waals surface area contributed by atoms with E-state index in [1.807, 2.05) is 20.9 Å². The van der Waals surface area contributed by atoms with E-state index in [1.165, 1.54) is 0 Å². The summed E-state index contributed by atoms with van der Waals surface area (Å²) in [5, 5.41) is 0. The van der Waals surface area contributed by atoms with Gasteiger partial charge in [-0.25, -0.2) is 0 Å². The molecule has 0 aliphatic heterocycles. The quantitative estimate of drug-likeness (QED) is 0.573. The molecule has 15 heavy (non-hydrogen) atoms. The smallest absolute Gasteiger partial charge is 0.222 e. The maximum atomic E-state index is 11.5. The summed E-state index contributed by atoms with van der Waals surface area (Å²) >= 11 is 0. The van der Waals surface area contributed by atoms with Gasteiger partial charge >= 0.3 is 0 Å². The Morgan fingerprint density at radius 3 is 2.47 bits per heavy atom. The van der Waals surface area contributed by atoms with Gasteiger partial charge in [0.05, 0.1) is 19.8 Å². The lowest BCUT2D eigenvalue weighted by Gasteiger charge is -2.18. The SMILES string of the molecule is COCCOCCN(C)C(=O)CC(C)C. The minimum atomic E-state index is 0.181. The molecule has 1 amide bonds. The number of methoxy groups -OCH3 is 1. The first-order valence-corrected chi connectivity index (χ1v) is 5.38. The van der Waals surface area contributed by atoms with Crippen molar-refractivity contribution in [2.45, 2.75) is 20.3 Å². The largest absolute Gasteiger partial charge is 0.382 e. The number of hydrogen-bond acceptors (Lipinski definition) is 3. The van der Waals surface area contributed by atoms with Crippen molar-refractivity contribution in [2.24, 2.45) is 5.92 Å². The van der Waals surface area contributed by atoms with Crippen molar-refractivity contribution in [3.8, 4) is 0 Å². The summed E-state index contributed by atoms with van der Waals surface area (Å²) in [6.07, 6.45) is 0.606. The predicted molar refractivity (Wildman–Crippen MR) is 59.8 cm³/mol. The van der Waals surface area contributed by atoms with Gasteiger partial charge in [-0.15, -0.1) is 0 Å². The lowest BCUT2D eigenvalue weighted by molar-refractivity contribution is -0.131. The number of likely N-dealkylation sites (N-methyl/N-ethyl adjacent to an activating group) is 1. The fraction of sp³-hybridized carbons (Fsp3) is 0.909. The van der Waals surface area contributed by atoms with Crippen molar-refractivity contribution in [1.82, 2.24) is 4.90 Å². The van der Waals surface area contributed by atoms with Crippen molar-refractivity contribution in [2.75, 3.05) is 40.5 Å². The second-order valence-corrected chi connectivity index (χ2v) is 4.02. The summed E-state index contributed by atoms with van der Waals surface area (Å²) in [4.78, 5) is 13.2. The Labute approximate surface area is 92.5 Å². The van der Waals surface area contributed by atoms with E-state index >= 15 is 0 Å². The summed E-state index contributed by atoms with van der Waals surface area (Å²) in [5.41, 5.74) is 0. The topological polar surface area (TPSA) is 38.8 Å². The van der Waals surface area contributed by atoms with E-state index < -0.39 is 0 Å². The zero-order valence-corrected chi connectivity index (χ0v) is 10.3. The zero-order chi connectivity index (χ0) is 11.7. The number of carbonyl (C=O) groups excluding carboxylic acids is 1. The molecule has 0 unspecified atom stereocenters. The van der Waals surface area contributed by atoms with Crippen LogP contribution in [0.5, 0.6) is 0 Å². The molecular weight excluding hydrogens is 194 g/mol. The molecule has 0 saturated heterocycles. The highest BCUT2D eigenvalue weighted by molar-refractivity contribution is 5.75. The summed E-state index contributed by atoms with van der Waals surface area (Å²) in [6, 6.07) is 0. The highest BCUT2D eigenvalue weighted by Gasteiger charge is 2.09. The summed E-state index contributed by atoms with van der Waals surface area (Å²) in [6.45, 7) is 6.49. The van der Waals surface area contributed by atoms with Gasteiger partial charge < -0.3 is 14.4 Å². The lowest BCUT2D eigenvalue weighted by atomic mass is 10.1. The van der Waals surface area contributed by atoms with E-state index in [4.69, 9.17) is 9.47 Å². The first-order valence-electron chi connectivity index (χ1n) is 5.38. The van der Waals surface area contributed by atoms with E-state index in [1.54, 1.807) is 12.0 Å². The first-order chi connectivity index (χ1) is 7.07. The van der Waals surface area contributed by atoms with Crippen LogP contribution in [0.3, 0.4) is 0 Å². The molecule has 0 bridgehead atoms. The van der Waals surface area contributed by atoms with Gasteiger partial charge in [-0.05, 0) is 5.92 Å². The third kappa shape index (κ3) is 8.39. The standard InChI is InChI=1S/C11H23NO3/c1-10(2)9-11(13)12(3)5-6-15-8-7-14-4/h10H,5-9H2,1-4H3. The average Bonchev–Trinajstić information content (AvgIpc) is 2.16. The predicted octanol–water partition coefficient (Wildman–Crippen LogP) is 1.15. The number of rotatable bonds is 8. The number of nitrogens with zero attached hydrogens (tertiary/aromatic N) is 1. The monoisotopic (exact) mass is 217 g/mol. The normalized spacial score (nSPS) is 10.7. The highest BCUT2D eigenvalue weighted by Crippen LogP contribution is 2.02. The summed E-state index contributed by atoms with van der Waals surface area (Å²) in [7, 11) is 3.45. The second kappa shape index (κ2) is 8.68. The number of amides is 1. The van der Waals surface area contributed by atoms with E-state index in [-0.39, 0.29) is 5.91 Å². The molecule has 0 heterocycles. The third-order valence-electron chi connectivity index (χ3n) is 2.01. The van der Waals surface area contributed by atoms with Crippen LogP contribution in [-0.2, 0) is 14.3 Å². The van der Waals surface area contributed by atoms with Crippen LogP contribution in [-0.4, -0.2) is 51.3 Å². The molecule has 0 aromatic rings. The van der Waals surface area contributed by atoms with Crippen molar-refractivity contribution >= 4 is 5.91 Å². The Bertz CT molecular complexity index is 171. The molecule has 0 saturated carbocycles. The first kappa shape index (κ1) is 14.4. The van der Waals surface area contributed by atoms with Crippen LogP contribution >= 0.6 is 0 Å². The van der Waals surface area contributed by atoms with E-state index in [9.17, 15) is 4.79 Å². The van der Waals surface area contributed by atoms with Gasteiger partial charge in [0, 0.05) is 27.1 Å². The van der Waals surface area contributed by atoms with Gasteiger partial charge in [0.2, 0.25) is 5.91 Å². The van der Waals surface area contributed by atoms with Crippen LogP contribution < -0.4 is 0 Å². The van der Waals surface area contributed by atoms with Crippen LogP contribution in [0.25, 0.3) is 0 Å². The Kier molecular flexibility index (Phi) is 8.33. The Hall–Kier alpha value is -0.610. The van der Waals surface area contributed by atoms with Gasteiger partial charge in [0.1, 0.15) is 0 Å². The lowest BCUT2D eigenvalue weighted by Crippen LogP contribution is -2.31. The van der Waals surface area contributed by atoms with Gasteiger partial charge in [-0.3, -0.25) is 4.79 Å². The van der Waals surface area contributed by atoms with E-state index in [2.05, 4.69) is 0 Å². The average molecular weight is 217 g/mol. The van der Waals surface area contributed by atoms with E-state index in [0.717, 1.165) is 0 Å². The van der Waals surface area contributed by atoms with Crippen LogP contribution in [0, 0.1) is 5.92 Å². The maximum absolute atomic E-state index is 11.5. The number of ether oxygens (including phenoxy) is 2. The van der Waals surface area contributed by atoms with Crippen LogP contribution in [0.2, 0.25) is 0 Å². The number of carbonyl (C=O) groups is 1. The van der Waals surface area contributed by atoms with Gasteiger partial charge in [0.25, 0.3) is 0 Å². The molecule has 0 spiro atoms. The van der Waals surface area contributed by atoms with Crippen LogP contribution in [0.4, 0.5) is 0 Å². The van der Waals surface area contributed by atoms with Gasteiger partial charge in [-0.2, -0.15) is 0 Å². The summed E-state index contributed by atoms with van der Waals surface area (Å²) in [5.74, 6) is 0.592. The third-order valence-corrected chi connectivity index (χ3v) is 2.01. The van der Waals surface area contributed by atoms with Crippen molar-refractivity contribution in [3.05, 3.63) is 0 Å². The molecule has 0 N–H and O–H groups in total. The molecule has 0 radical (unpaired) electrons. The fourth-order valence-electron chi connectivity index (χ4n) is 1.08.